The Labute approximate surface area is 129 Å². The molecule has 112 valence electrons. The second-order valence-corrected chi connectivity index (χ2v) is 5.94. The van der Waals surface area contributed by atoms with Crippen LogP contribution in [0.15, 0.2) is 30.5 Å². The summed E-state index contributed by atoms with van der Waals surface area (Å²) in [4.78, 5) is 17.7. The molecule has 1 unspecified atom stereocenters. The first-order valence-electron chi connectivity index (χ1n) is 7.00. The van der Waals surface area contributed by atoms with Crippen molar-refractivity contribution in [3.63, 3.8) is 0 Å². The van der Waals surface area contributed by atoms with Crippen LogP contribution in [0.4, 0.5) is 0 Å². The van der Waals surface area contributed by atoms with Gasteiger partial charge < -0.3 is 10.1 Å². The van der Waals surface area contributed by atoms with Crippen molar-refractivity contribution in [3.05, 3.63) is 45.9 Å². The van der Waals surface area contributed by atoms with Crippen LogP contribution in [0.3, 0.4) is 0 Å². The molecule has 2 aromatic rings. The molecule has 1 N–H and O–H groups in total. The molecule has 1 atom stereocenters. The van der Waals surface area contributed by atoms with Gasteiger partial charge in [-0.3, -0.25) is 4.79 Å². The van der Waals surface area contributed by atoms with Gasteiger partial charge in [0.1, 0.15) is 10.8 Å². The highest BCUT2D eigenvalue weighted by molar-refractivity contribution is 7.11. The van der Waals surface area contributed by atoms with E-state index in [1.165, 1.54) is 4.88 Å². The van der Waals surface area contributed by atoms with Crippen molar-refractivity contribution in [3.8, 4) is 5.75 Å². The van der Waals surface area contributed by atoms with Crippen molar-refractivity contribution in [2.75, 3.05) is 7.11 Å². The number of carbonyl (C=O) groups is 1. The number of amides is 1. The van der Waals surface area contributed by atoms with Gasteiger partial charge in [0.25, 0.3) is 0 Å². The summed E-state index contributed by atoms with van der Waals surface area (Å²) in [5.41, 5.74) is 0.887. The van der Waals surface area contributed by atoms with Crippen LogP contribution < -0.4 is 10.1 Å². The first-order valence-corrected chi connectivity index (χ1v) is 7.81. The van der Waals surface area contributed by atoms with E-state index in [1.807, 2.05) is 37.4 Å². The third-order valence-electron chi connectivity index (χ3n) is 3.21. The van der Waals surface area contributed by atoms with Crippen LogP contribution in [0.1, 0.15) is 35.3 Å². The third-order valence-corrected chi connectivity index (χ3v) is 4.54. The Hall–Kier alpha value is -1.88. The Morgan fingerprint density at radius 2 is 2.19 bits per heavy atom. The highest BCUT2D eigenvalue weighted by Crippen LogP contribution is 2.21. The number of benzene rings is 1. The summed E-state index contributed by atoms with van der Waals surface area (Å²) < 4.78 is 5.26. The van der Waals surface area contributed by atoms with Gasteiger partial charge >= 0.3 is 0 Å². The minimum atomic E-state index is -0.0718. The average molecular weight is 304 g/mol. The number of aryl methyl sites for hydroxylation is 1. The first kappa shape index (κ1) is 15.5. The van der Waals surface area contributed by atoms with Gasteiger partial charge in [0.05, 0.1) is 19.6 Å². The van der Waals surface area contributed by atoms with E-state index in [2.05, 4.69) is 17.2 Å². The Bertz CT molecular complexity index is 610. The highest BCUT2D eigenvalue weighted by Gasteiger charge is 2.14. The molecule has 0 bridgehead atoms. The van der Waals surface area contributed by atoms with Crippen LogP contribution in [0.5, 0.6) is 5.75 Å². The fraction of sp³-hybridized carbons (Fsp3) is 0.375. The van der Waals surface area contributed by atoms with Crippen molar-refractivity contribution >= 4 is 17.2 Å². The van der Waals surface area contributed by atoms with Crippen LogP contribution in [0, 0.1) is 0 Å². The van der Waals surface area contributed by atoms with E-state index in [1.54, 1.807) is 18.4 Å². The first-order chi connectivity index (χ1) is 10.1. The van der Waals surface area contributed by atoms with Crippen LogP contribution in [-0.4, -0.2) is 18.0 Å². The van der Waals surface area contributed by atoms with Gasteiger partial charge in [-0.2, -0.15) is 0 Å². The maximum absolute atomic E-state index is 12.2. The van der Waals surface area contributed by atoms with E-state index in [-0.39, 0.29) is 11.9 Å². The molecule has 0 aliphatic heterocycles. The summed E-state index contributed by atoms with van der Waals surface area (Å²) in [7, 11) is 1.61. The molecular formula is C16H20N2O2S. The number of thiazole rings is 1. The zero-order valence-electron chi connectivity index (χ0n) is 12.6. The Kier molecular flexibility index (Phi) is 5.33. The minimum Gasteiger partial charge on any atom is -0.496 e. The van der Waals surface area contributed by atoms with Crippen LogP contribution in [-0.2, 0) is 17.6 Å². The van der Waals surface area contributed by atoms with E-state index in [9.17, 15) is 4.79 Å². The fourth-order valence-corrected chi connectivity index (χ4v) is 2.92. The van der Waals surface area contributed by atoms with Crippen LogP contribution in [0.2, 0.25) is 0 Å². The molecule has 5 heteroatoms. The maximum Gasteiger partial charge on any atom is 0.225 e. The van der Waals surface area contributed by atoms with Gasteiger partial charge in [-0.1, -0.05) is 25.1 Å². The standard InChI is InChI=1S/C16H20N2O2S/c1-4-13-10-17-16(21-13)11(2)18-15(19)9-12-7-5-6-8-14(12)20-3/h5-8,10-11H,4,9H2,1-3H3,(H,18,19). The number of hydrogen-bond acceptors (Lipinski definition) is 4. The lowest BCUT2D eigenvalue weighted by molar-refractivity contribution is -0.121. The van der Waals surface area contributed by atoms with Crippen LogP contribution >= 0.6 is 11.3 Å². The SMILES string of the molecule is CCc1cnc(C(C)NC(=O)Cc2ccccc2OC)s1. The van der Waals surface area contributed by atoms with Crippen molar-refractivity contribution in [1.82, 2.24) is 10.3 Å². The molecule has 0 radical (unpaired) electrons. The predicted molar refractivity (Wildman–Crippen MR) is 84.7 cm³/mol. The van der Waals surface area contributed by atoms with E-state index >= 15 is 0 Å². The number of nitrogens with zero attached hydrogens (tertiary/aromatic N) is 1. The Balaban J connectivity index is 1.98. The van der Waals surface area contributed by atoms with Gasteiger partial charge in [-0.25, -0.2) is 4.98 Å². The summed E-state index contributed by atoms with van der Waals surface area (Å²) in [5.74, 6) is 0.711. The number of rotatable bonds is 6. The summed E-state index contributed by atoms with van der Waals surface area (Å²) in [6.45, 7) is 4.06. The van der Waals surface area contributed by atoms with Gasteiger partial charge in [-0.05, 0) is 19.4 Å². The topological polar surface area (TPSA) is 51.2 Å². The number of nitrogens with one attached hydrogen (secondary N) is 1. The molecule has 0 fully saturated rings. The molecule has 0 saturated heterocycles. The molecule has 1 heterocycles. The molecule has 1 aromatic heterocycles. The second kappa shape index (κ2) is 7.22. The molecule has 0 aliphatic carbocycles. The van der Waals surface area contributed by atoms with Gasteiger partial charge in [0.15, 0.2) is 0 Å². The van der Waals surface area contributed by atoms with Crippen LogP contribution in [0.25, 0.3) is 0 Å². The monoisotopic (exact) mass is 304 g/mol. The fourth-order valence-electron chi connectivity index (χ4n) is 2.06. The molecule has 2 rings (SSSR count). The smallest absolute Gasteiger partial charge is 0.225 e. The van der Waals surface area contributed by atoms with Crippen molar-refractivity contribution in [2.24, 2.45) is 0 Å². The second-order valence-electron chi connectivity index (χ2n) is 4.80. The Morgan fingerprint density at radius 3 is 2.86 bits per heavy atom. The molecule has 0 aliphatic rings. The lowest BCUT2D eigenvalue weighted by atomic mass is 10.1. The van der Waals surface area contributed by atoms with Gasteiger partial charge in [-0.15, -0.1) is 11.3 Å². The number of carbonyl (C=O) groups excluding carboxylic acids is 1. The largest absolute Gasteiger partial charge is 0.496 e. The average Bonchev–Trinajstić information content (AvgIpc) is 2.96. The summed E-state index contributed by atoms with van der Waals surface area (Å²) in [5, 5.41) is 3.93. The maximum atomic E-state index is 12.2. The van der Waals surface area contributed by atoms with Crippen molar-refractivity contribution < 1.29 is 9.53 Å². The van der Waals surface area contributed by atoms with E-state index in [0.29, 0.717) is 6.42 Å². The third kappa shape index (κ3) is 4.04. The zero-order chi connectivity index (χ0) is 15.2. The molecule has 0 saturated carbocycles. The molecule has 4 nitrogen and oxygen atoms in total. The molecule has 1 amide bonds. The molecule has 1 aromatic carbocycles. The quantitative estimate of drug-likeness (QED) is 0.892. The predicted octanol–water partition coefficient (Wildman–Crippen LogP) is 3.13. The van der Waals surface area contributed by atoms with E-state index in [0.717, 1.165) is 22.7 Å². The highest BCUT2D eigenvalue weighted by atomic mass is 32.1. The minimum absolute atomic E-state index is 0.0275. The number of hydrogen-bond donors (Lipinski definition) is 1. The number of methoxy groups -OCH3 is 1. The Morgan fingerprint density at radius 1 is 1.43 bits per heavy atom. The summed E-state index contributed by atoms with van der Waals surface area (Å²) in [6, 6.07) is 7.49. The number of aromatic nitrogens is 1. The number of ether oxygens (including phenoxy) is 1. The summed E-state index contributed by atoms with van der Waals surface area (Å²) in [6.07, 6.45) is 3.16. The van der Waals surface area contributed by atoms with Crippen molar-refractivity contribution in [2.45, 2.75) is 32.7 Å². The lowest BCUT2D eigenvalue weighted by Gasteiger charge is -2.12. The zero-order valence-corrected chi connectivity index (χ0v) is 13.4. The summed E-state index contributed by atoms with van der Waals surface area (Å²) >= 11 is 1.65. The lowest BCUT2D eigenvalue weighted by Crippen LogP contribution is -2.28. The molecule has 21 heavy (non-hydrogen) atoms. The van der Waals surface area contributed by atoms with Gasteiger partial charge in [0.2, 0.25) is 5.91 Å². The number of para-hydroxylation sites is 1. The molecule has 0 spiro atoms. The van der Waals surface area contributed by atoms with E-state index in [4.69, 9.17) is 4.74 Å². The van der Waals surface area contributed by atoms with E-state index < -0.39 is 0 Å². The molecular weight excluding hydrogens is 284 g/mol. The normalized spacial score (nSPS) is 12.0. The van der Waals surface area contributed by atoms with Gasteiger partial charge in [0, 0.05) is 16.6 Å². The van der Waals surface area contributed by atoms with Crippen molar-refractivity contribution in [1.29, 1.82) is 0 Å².